The zero-order valence-electron chi connectivity index (χ0n) is 10.5. The topological polar surface area (TPSA) is 45.9 Å². The molecular weight excluding hydrogens is 280 g/mol. The van der Waals surface area contributed by atoms with Gasteiger partial charge in [-0.3, -0.25) is 0 Å². The van der Waals surface area contributed by atoms with Crippen molar-refractivity contribution in [2.45, 2.75) is 19.8 Å². The maximum Gasteiger partial charge on any atom is 0.119 e. The Morgan fingerprint density at radius 2 is 2.11 bits per heavy atom. The predicted molar refractivity (Wildman–Crippen MR) is 76.8 cm³/mol. The van der Waals surface area contributed by atoms with Crippen LogP contribution in [-0.4, -0.2) is 11.6 Å². The SMILES string of the molecule is Cc1nc(CCOc2ccc(Cl)cc2)sc1CC#N. The molecule has 19 heavy (non-hydrogen) atoms. The van der Waals surface area contributed by atoms with E-state index in [1.807, 2.05) is 19.1 Å². The molecule has 0 spiro atoms. The summed E-state index contributed by atoms with van der Waals surface area (Å²) < 4.78 is 5.62. The Bertz CT molecular complexity index is 586. The van der Waals surface area contributed by atoms with E-state index in [0.29, 0.717) is 18.1 Å². The van der Waals surface area contributed by atoms with Crippen molar-refractivity contribution in [2.75, 3.05) is 6.61 Å². The minimum absolute atomic E-state index is 0.432. The van der Waals surface area contributed by atoms with E-state index in [0.717, 1.165) is 27.7 Å². The molecule has 0 unspecified atom stereocenters. The lowest BCUT2D eigenvalue weighted by molar-refractivity contribution is 0.321. The molecule has 5 heteroatoms. The number of nitriles is 1. The third-order valence-electron chi connectivity index (χ3n) is 2.57. The van der Waals surface area contributed by atoms with Gasteiger partial charge in [0.1, 0.15) is 5.75 Å². The Hall–Kier alpha value is -1.57. The maximum absolute atomic E-state index is 8.69. The van der Waals surface area contributed by atoms with Crippen LogP contribution < -0.4 is 4.74 Å². The van der Waals surface area contributed by atoms with Crippen LogP contribution in [0.2, 0.25) is 5.02 Å². The van der Waals surface area contributed by atoms with Gasteiger partial charge in [0.2, 0.25) is 0 Å². The molecule has 2 rings (SSSR count). The number of nitrogens with zero attached hydrogens (tertiary/aromatic N) is 2. The summed E-state index contributed by atoms with van der Waals surface area (Å²) in [7, 11) is 0. The van der Waals surface area contributed by atoms with Crippen LogP contribution in [0, 0.1) is 18.3 Å². The van der Waals surface area contributed by atoms with Gasteiger partial charge in [-0.1, -0.05) is 11.6 Å². The maximum atomic E-state index is 8.69. The summed E-state index contributed by atoms with van der Waals surface area (Å²) in [6, 6.07) is 9.44. The van der Waals surface area contributed by atoms with Gasteiger partial charge in [-0.25, -0.2) is 4.98 Å². The molecular formula is C14H13ClN2OS. The highest BCUT2D eigenvalue weighted by Gasteiger charge is 2.07. The summed E-state index contributed by atoms with van der Waals surface area (Å²) in [5.74, 6) is 0.801. The molecule has 0 saturated carbocycles. The third-order valence-corrected chi connectivity index (χ3v) is 4.04. The smallest absolute Gasteiger partial charge is 0.119 e. The second-order valence-corrected chi connectivity index (χ2v) is 5.61. The Labute approximate surface area is 121 Å². The van der Waals surface area contributed by atoms with Crippen molar-refractivity contribution < 1.29 is 4.74 Å². The van der Waals surface area contributed by atoms with Crippen molar-refractivity contribution in [1.82, 2.24) is 4.98 Å². The standard InChI is InChI=1S/C14H13ClN2OS/c1-10-13(6-8-16)19-14(17-10)7-9-18-12-4-2-11(15)3-5-12/h2-5H,6-7,9H2,1H3. The van der Waals surface area contributed by atoms with E-state index in [1.54, 1.807) is 23.5 Å². The first-order valence-electron chi connectivity index (χ1n) is 5.89. The quantitative estimate of drug-likeness (QED) is 0.842. The minimum atomic E-state index is 0.432. The number of ether oxygens (including phenoxy) is 1. The van der Waals surface area contributed by atoms with E-state index in [4.69, 9.17) is 21.6 Å². The summed E-state index contributed by atoms with van der Waals surface area (Å²) in [6.07, 6.45) is 1.18. The molecule has 0 fully saturated rings. The highest BCUT2D eigenvalue weighted by atomic mass is 35.5. The molecule has 0 atom stereocenters. The summed E-state index contributed by atoms with van der Waals surface area (Å²) >= 11 is 7.39. The number of aryl methyl sites for hydroxylation is 1. The fraction of sp³-hybridized carbons (Fsp3) is 0.286. The Morgan fingerprint density at radius 1 is 1.37 bits per heavy atom. The highest BCUT2D eigenvalue weighted by Crippen LogP contribution is 2.20. The van der Waals surface area contributed by atoms with Crippen LogP contribution >= 0.6 is 22.9 Å². The molecule has 0 saturated heterocycles. The number of halogens is 1. The van der Waals surface area contributed by atoms with Crippen LogP contribution in [0.25, 0.3) is 0 Å². The normalized spacial score (nSPS) is 10.2. The second kappa shape index (κ2) is 6.55. The van der Waals surface area contributed by atoms with Crippen LogP contribution in [0.1, 0.15) is 15.6 Å². The minimum Gasteiger partial charge on any atom is -0.493 e. The van der Waals surface area contributed by atoms with Crippen molar-refractivity contribution in [2.24, 2.45) is 0 Å². The number of rotatable bonds is 5. The number of benzene rings is 1. The van der Waals surface area contributed by atoms with Crippen molar-refractivity contribution in [3.05, 3.63) is 44.9 Å². The van der Waals surface area contributed by atoms with Gasteiger partial charge < -0.3 is 4.74 Å². The zero-order chi connectivity index (χ0) is 13.7. The Morgan fingerprint density at radius 3 is 2.79 bits per heavy atom. The summed E-state index contributed by atoms with van der Waals surface area (Å²) in [6.45, 7) is 2.51. The van der Waals surface area contributed by atoms with Gasteiger partial charge >= 0.3 is 0 Å². The molecule has 1 aromatic heterocycles. The lowest BCUT2D eigenvalue weighted by Gasteiger charge is -2.04. The van der Waals surface area contributed by atoms with E-state index in [-0.39, 0.29) is 0 Å². The predicted octanol–water partition coefficient (Wildman–Crippen LogP) is 3.79. The van der Waals surface area contributed by atoms with Crippen molar-refractivity contribution in [1.29, 1.82) is 5.26 Å². The molecule has 0 amide bonds. The highest BCUT2D eigenvalue weighted by molar-refractivity contribution is 7.11. The van der Waals surface area contributed by atoms with Gasteiger partial charge in [-0.15, -0.1) is 11.3 Å². The van der Waals surface area contributed by atoms with E-state index in [2.05, 4.69) is 11.1 Å². The van der Waals surface area contributed by atoms with Gasteiger partial charge in [-0.05, 0) is 31.2 Å². The van der Waals surface area contributed by atoms with Gasteiger partial charge in [0.05, 0.1) is 29.8 Å². The molecule has 0 aliphatic heterocycles. The van der Waals surface area contributed by atoms with Gasteiger partial charge in [0.15, 0.2) is 0 Å². The van der Waals surface area contributed by atoms with E-state index in [1.165, 1.54) is 0 Å². The van der Waals surface area contributed by atoms with Crippen molar-refractivity contribution in [3.63, 3.8) is 0 Å². The molecule has 0 bridgehead atoms. The molecule has 0 aliphatic rings. The van der Waals surface area contributed by atoms with Gasteiger partial charge in [0.25, 0.3) is 0 Å². The van der Waals surface area contributed by atoms with E-state index in [9.17, 15) is 0 Å². The number of hydrogen-bond donors (Lipinski definition) is 0. The van der Waals surface area contributed by atoms with E-state index < -0.39 is 0 Å². The first kappa shape index (κ1) is 13.9. The molecule has 1 aromatic carbocycles. The lowest BCUT2D eigenvalue weighted by Crippen LogP contribution is -2.00. The van der Waals surface area contributed by atoms with Crippen LogP contribution in [0.5, 0.6) is 5.75 Å². The van der Waals surface area contributed by atoms with E-state index >= 15 is 0 Å². The first-order chi connectivity index (χ1) is 9.19. The average Bonchev–Trinajstić information content (AvgIpc) is 2.73. The summed E-state index contributed by atoms with van der Waals surface area (Å²) in [5, 5.41) is 10.4. The van der Waals surface area contributed by atoms with Crippen LogP contribution in [0.4, 0.5) is 0 Å². The number of aromatic nitrogens is 1. The lowest BCUT2D eigenvalue weighted by atomic mass is 10.3. The van der Waals surface area contributed by atoms with Crippen molar-refractivity contribution >= 4 is 22.9 Å². The summed E-state index contributed by atoms with van der Waals surface area (Å²) in [5.41, 5.74) is 0.952. The molecule has 1 heterocycles. The molecule has 2 aromatic rings. The Kier molecular flexibility index (Phi) is 4.78. The fourth-order valence-electron chi connectivity index (χ4n) is 1.62. The summed E-state index contributed by atoms with van der Waals surface area (Å²) in [4.78, 5) is 5.49. The fourth-order valence-corrected chi connectivity index (χ4v) is 2.73. The molecule has 3 nitrogen and oxygen atoms in total. The zero-order valence-corrected chi connectivity index (χ0v) is 12.1. The molecule has 0 radical (unpaired) electrons. The average molecular weight is 293 g/mol. The Balaban J connectivity index is 1.87. The van der Waals surface area contributed by atoms with Crippen LogP contribution in [0.15, 0.2) is 24.3 Å². The van der Waals surface area contributed by atoms with Crippen LogP contribution in [-0.2, 0) is 12.8 Å². The van der Waals surface area contributed by atoms with Gasteiger partial charge in [0, 0.05) is 16.3 Å². The second-order valence-electron chi connectivity index (χ2n) is 4.00. The largest absolute Gasteiger partial charge is 0.493 e. The molecule has 0 aliphatic carbocycles. The van der Waals surface area contributed by atoms with Crippen molar-refractivity contribution in [3.8, 4) is 11.8 Å². The van der Waals surface area contributed by atoms with Gasteiger partial charge in [-0.2, -0.15) is 5.26 Å². The molecule has 98 valence electrons. The number of thiazole rings is 1. The number of hydrogen-bond acceptors (Lipinski definition) is 4. The third kappa shape index (κ3) is 3.95. The first-order valence-corrected chi connectivity index (χ1v) is 7.09. The molecule has 0 N–H and O–H groups in total. The van der Waals surface area contributed by atoms with Crippen LogP contribution in [0.3, 0.4) is 0 Å². The monoisotopic (exact) mass is 292 g/mol.